The van der Waals surface area contributed by atoms with Crippen LogP contribution in [0.1, 0.15) is 22.8 Å². The molecule has 0 radical (unpaired) electrons. The van der Waals surface area contributed by atoms with Gasteiger partial charge in [0.2, 0.25) is 0 Å². The van der Waals surface area contributed by atoms with Crippen molar-refractivity contribution < 1.29 is 4.79 Å². The van der Waals surface area contributed by atoms with Crippen LogP contribution in [0, 0.1) is 0 Å². The molecule has 0 aliphatic heterocycles. The standard InChI is InChI=1S/C18H18OS2.ClH/c1-13(14-4-8-16(20-2)9-5-14)12-18(19)15-6-10-17(21-3)11-7-15;/h4-12H,1-3H3;1H. The Morgan fingerprint density at radius 1 is 0.818 bits per heavy atom. The number of rotatable bonds is 5. The van der Waals surface area contributed by atoms with E-state index in [2.05, 4.69) is 30.5 Å². The van der Waals surface area contributed by atoms with Crippen LogP contribution in [0.3, 0.4) is 0 Å². The van der Waals surface area contributed by atoms with Crippen LogP contribution < -0.4 is 0 Å². The van der Waals surface area contributed by atoms with Crippen LogP contribution in [0.5, 0.6) is 0 Å². The van der Waals surface area contributed by atoms with Crippen molar-refractivity contribution in [2.24, 2.45) is 0 Å². The minimum Gasteiger partial charge on any atom is -0.289 e. The number of hydrogen-bond acceptors (Lipinski definition) is 3. The lowest BCUT2D eigenvalue weighted by atomic mass is 10.0. The molecule has 0 amide bonds. The molecule has 2 aromatic carbocycles. The molecule has 0 spiro atoms. The summed E-state index contributed by atoms with van der Waals surface area (Å²) >= 11 is 3.39. The predicted octanol–water partition coefficient (Wildman–Crippen LogP) is 5.84. The van der Waals surface area contributed by atoms with E-state index in [1.807, 2.05) is 37.4 Å². The topological polar surface area (TPSA) is 17.1 Å². The summed E-state index contributed by atoms with van der Waals surface area (Å²) in [5, 5.41) is 0. The van der Waals surface area contributed by atoms with Gasteiger partial charge in [-0.05, 0) is 73.0 Å². The molecule has 0 aromatic heterocycles. The molecule has 0 fully saturated rings. The third-order valence-electron chi connectivity index (χ3n) is 3.27. The summed E-state index contributed by atoms with van der Waals surface area (Å²) in [4.78, 5) is 14.7. The highest BCUT2D eigenvalue weighted by Crippen LogP contribution is 2.21. The lowest BCUT2D eigenvalue weighted by molar-refractivity contribution is 0.104. The molecule has 0 aliphatic carbocycles. The van der Waals surface area contributed by atoms with Crippen molar-refractivity contribution in [3.8, 4) is 0 Å². The fourth-order valence-electron chi connectivity index (χ4n) is 1.97. The van der Waals surface area contributed by atoms with Crippen molar-refractivity contribution in [1.29, 1.82) is 0 Å². The smallest absolute Gasteiger partial charge is 0.186 e. The van der Waals surface area contributed by atoms with Crippen LogP contribution in [0.4, 0.5) is 0 Å². The number of halogens is 1. The Hall–Kier alpha value is -1.16. The maximum atomic E-state index is 12.3. The lowest BCUT2D eigenvalue weighted by Crippen LogP contribution is -1.95. The van der Waals surface area contributed by atoms with Gasteiger partial charge < -0.3 is 0 Å². The van der Waals surface area contributed by atoms with E-state index in [0.717, 1.165) is 16.7 Å². The maximum Gasteiger partial charge on any atom is 0.186 e. The van der Waals surface area contributed by atoms with Gasteiger partial charge in [-0.15, -0.1) is 35.9 Å². The fraction of sp³-hybridized carbons (Fsp3) is 0.167. The van der Waals surface area contributed by atoms with Gasteiger partial charge in [0.15, 0.2) is 5.78 Å². The van der Waals surface area contributed by atoms with Gasteiger partial charge >= 0.3 is 0 Å². The Balaban J connectivity index is 0.00000242. The molecule has 0 saturated heterocycles. The minimum atomic E-state index is 0. The number of carbonyl (C=O) groups excluding carboxylic acids is 1. The monoisotopic (exact) mass is 350 g/mol. The molecule has 4 heteroatoms. The van der Waals surface area contributed by atoms with Crippen molar-refractivity contribution >= 4 is 47.3 Å². The molecule has 2 rings (SSSR count). The second-order valence-corrected chi connectivity index (χ2v) is 6.41. The largest absolute Gasteiger partial charge is 0.289 e. The number of allylic oxidation sites excluding steroid dienone is 2. The number of benzene rings is 2. The Kier molecular flexibility index (Phi) is 7.80. The van der Waals surface area contributed by atoms with Crippen LogP contribution in [-0.4, -0.2) is 18.3 Å². The zero-order valence-electron chi connectivity index (χ0n) is 12.8. The molecular weight excluding hydrogens is 332 g/mol. The molecule has 0 bridgehead atoms. The molecule has 0 N–H and O–H groups in total. The summed E-state index contributed by atoms with van der Waals surface area (Å²) in [6.45, 7) is 1.97. The Morgan fingerprint density at radius 2 is 1.23 bits per heavy atom. The van der Waals surface area contributed by atoms with E-state index in [9.17, 15) is 4.79 Å². The highest BCUT2D eigenvalue weighted by atomic mass is 35.5. The van der Waals surface area contributed by atoms with Gasteiger partial charge in [0.25, 0.3) is 0 Å². The highest BCUT2D eigenvalue weighted by molar-refractivity contribution is 7.98. The first-order chi connectivity index (χ1) is 10.1. The van der Waals surface area contributed by atoms with Crippen molar-refractivity contribution in [3.05, 3.63) is 65.7 Å². The van der Waals surface area contributed by atoms with Crippen molar-refractivity contribution in [2.75, 3.05) is 12.5 Å². The zero-order chi connectivity index (χ0) is 15.2. The molecule has 0 atom stereocenters. The maximum absolute atomic E-state index is 12.3. The number of carbonyl (C=O) groups is 1. The van der Waals surface area contributed by atoms with Crippen molar-refractivity contribution in [3.63, 3.8) is 0 Å². The van der Waals surface area contributed by atoms with Gasteiger partial charge in [-0.25, -0.2) is 0 Å². The van der Waals surface area contributed by atoms with Gasteiger partial charge in [-0.1, -0.05) is 12.1 Å². The first-order valence-corrected chi connectivity index (χ1v) is 9.10. The van der Waals surface area contributed by atoms with E-state index in [1.165, 1.54) is 9.79 Å². The van der Waals surface area contributed by atoms with Crippen LogP contribution in [0.15, 0.2) is 64.4 Å². The SMILES string of the molecule is CSc1ccc(C(=O)C=C(C)c2ccc(SC)cc2)cc1.Cl. The summed E-state index contributed by atoms with van der Waals surface area (Å²) in [5.41, 5.74) is 2.80. The Morgan fingerprint density at radius 3 is 1.64 bits per heavy atom. The summed E-state index contributed by atoms with van der Waals surface area (Å²) in [7, 11) is 0. The summed E-state index contributed by atoms with van der Waals surface area (Å²) in [6.07, 6.45) is 5.79. The molecule has 2 aromatic rings. The summed E-state index contributed by atoms with van der Waals surface area (Å²) < 4.78 is 0. The van der Waals surface area contributed by atoms with Crippen molar-refractivity contribution in [1.82, 2.24) is 0 Å². The second kappa shape index (κ2) is 9.09. The molecule has 1 nitrogen and oxygen atoms in total. The first-order valence-electron chi connectivity index (χ1n) is 6.65. The Labute approximate surface area is 147 Å². The third kappa shape index (κ3) is 4.94. The Bertz CT molecular complexity index is 646. The quantitative estimate of drug-likeness (QED) is 0.383. The van der Waals surface area contributed by atoms with Gasteiger partial charge in [0.1, 0.15) is 0 Å². The van der Waals surface area contributed by atoms with Crippen LogP contribution >= 0.6 is 35.9 Å². The van der Waals surface area contributed by atoms with Gasteiger partial charge in [-0.2, -0.15) is 0 Å². The molecular formula is C18H19ClOS2. The third-order valence-corrected chi connectivity index (χ3v) is 4.75. The average molecular weight is 351 g/mol. The van der Waals surface area contributed by atoms with E-state index in [0.29, 0.717) is 0 Å². The number of ketones is 1. The van der Waals surface area contributed by atoms with E-state index in [-0.39, 0.29) is 18.2 Å². The van der Waals surface area contributed by atoms with E-state index in [4.69, 9.17) is 0 Å². The van der Waals surface area contributed by atoms with Crippen LogP contribution in [0.25, 0.3) is 5.57 Å². The molecule has 0 heterocycles. The van der Waals surface area contributed by atoms with E-state index < -0.39 is 0 Å². The van der Waals surface area contributed by atoms with Crippen molar-refractivity contribution in [2.45, 2.75) is 16.7 Å². The van der Waals surface area contributed by atoms with Gasteiger partial charge in [-0.3, -0.25) is 4.79 Å². The first kappa shape index (κ1) is 18.9. The summed E-state index contributed by atoms with van der Waals surface area (Å²) in [5.74, 6) is 0.0501. The van der Waals surface area contributed by atoms with Crippen LogP contribution in [-0.2, 0) is 0 Å². The van der Waals surface area contributed by atoms with Gasteiger partial charge in [0, 0.05) is 15.4 Å². The number of hydrogen-bond donors (Lipinski definition) is 0. The second-order valence-electron chi connectivity index (χ2n) is 4.65. The lowest BCUT2D eigenvalue weighted by Gasteiger charge is -2.04. The number of thioether (sulfide) groups is 2. The van der Waals surface area contributed by atoms with Crippen LogP contribution in [0.2, 0.25) is 0 Å². The molecule has 0 unspecified atom stereocenters. The predicted molar refractivity (Wildman–Crippen MR) is 102 cm³/mol. The van der Waals surface area contributed by atoms with Gasteiger partial charge in [0.05, 0.1) is 0 Å². The molecule has 22 heavy (non-hydrogen) atoms. The normalized spacial score (nSPS) is 11.0. The zero-order valence-corrected chi connectivity index (χ0v) is 15.3. The average Bonchev–Trinajstić information content (AvgIpc) is 2.55. The fourth-order valence-corrected chi connectivity index (χ4v) is 2.79. The molecule has 116 valence electrons. The highest BCUT2D eigenvalue weighted by Gasteiger charge is 2.04. The van der Waals surface area contributed by atoms with E-state index >= 15 is 0 Å². The minimum absolute atomic E-state index is 0. The molecule has 0 aliphatic rings. The summed E-state index contributed by atoms with van der Waals surface area (Å²) in [6, 6.07) is 16.0. The van der Waals surface area contributed by atoms with E-state index in [1.54, 1.807) is 29.6 Å². The molecule has 0 saturated carbocycles.